The molecular weight excluding hydrogens is 258 g/mol. The second-order valence-corrected chi connectivity index (χ2v) is 5.64. The van der Waals surface area contributed by atoms with Crippen LogP contribution in [0.4, 0.5) is 0 Å². The van der Waals surface area contributed by atoms with Crippen molar-refractivity contribution in [3.05, 3.63) is 34.7 Å². The summed E-state index contributed by atoms with van der Waals surface area (Å²) < 4.78 is 27.6. The van der Waals surface area contributed by atoms with Crippen LogP contribution < -0.4 is 4.74 Å². The molecule has 1 rings (SSSR count). The number of aliphatic hydroxyl groups excluding tert-OH is 1. The van der Waals surface area contributed by atoms with Gasteiger partial charge in [0.15, 0.2) is 9.84 Å². The van der Waals surface area contributed by atoms with Gasteiger partial charge in [-0.15, -0.1) is 0 Å². The van der Waals surface area contributed by atoms with E-state index in [1.165, 1.54) is 24.3 Å². The molecule has 1 atom stereocenters. The van der Waals surface area contributed by atoms with Crippen LogP contribution in [0.2, 0.25) is 0 Å². The average molecular weight is 271 g/mol. The Morgan fingerprint density at radius 3 is 2.56 bits per heavy atom. The normalized spacial score (nSPS) is 12.6. The molecule has 0 fully saturated rings. The van der Waals surface area contributed by atoms with E-state index >= 15 is 0 Å². The second kappa shape index (κ2) is 6.25. The number of rotatable bonds is 6. The lowest BCUT2D eigenvalue weighted by Crippen LogP contribution is -2.20. The first-order valence-electron chi connectivity index (χ1n) is 5.05. The summed E-state index contributed by atoms with van der Waals surface area (Å²) in [7, 11) is -3.22. The molecule has 7 nitrogen and oxygen atoms in total. The van der Waals surface area contributed by atoms with Crippen LogP contribution in [-0.4, -0.2) is 39.0 Å². The van der Waals surface area contributed by atoms with E-state index in [-0.39, 0.29) is 18.0 Å². The van der Waals surface area contributed by atoms with Crippen molar-refractivity contribution in [1.29, 1.82) is 0 Å². The number of sulfone groups is 1. The summed E-state index contributed by atoms with van der Waals surface area (Å²) in [5.74, 6) is 0.433. The molecule has 0 aliphatic heterocycles. The van der Waals surface area contributed by atoms with Gasteiger partial charge in [-0.05, 0) is 29.8 Å². The molecule has 0 saturated heterocycles. The van der Waals surface area contributed by atoms with Gasteiger partial charge in [-0.1, -0.05) is 5.11 Å². The van der Waals surface area contributed by atoms with Gasteiger partial charge in [0.1, 0.15) is 12.4 Å². The average Bonchev–Trinajstić information content (AvgIpc) is 2.33. The molecule has 0 aliphatic rings. The van der Waals surface area contributed by atoms with Crippen molar-refractivity contribution in [2.24, 2.45) is 5.11 Å². The minimum absolute atomic E-state index is 0.0305. The van der Waals surface area contributed by atoms with Gasteiger partial charge in [-0.25, -0.2) is 8.42 Å². The van der Waals surface area contributed by atoms with E-state index in [1.807, 2.05) is 0 Å². The van der Waals surface area contributed by atoms with Crippen LogP contribution in [0.15, 0.2) is 34.3 Å². The van der Waals surface area contributed by atoms with E-state index in [9.17, 15) is 13.5 Å². The SMILES string of the molecule is CS(=O)(=O)c1ccc(OC[C@H](O)CN=[N+]=[N-])cc1. The molecule has 0 aliphatic carbocycles. The van der Waals surface area contributed by atoms with Crippen molar-refractivity contribution in [3.63, 3.8) is 0 Å². The highest BCUT2D eigenvalue weighted by Gasteiger charge is 2.07. The third-order valence-corrected chi connectivity index (χ3v) is 3.18. The molecule has 0 bridgehead atoms. The predicted molar refractivity (Wildman–Crippen MR) is 65.1 cm³/mol. The summed E-state index contributed by atoms with van der Waals surface area (Å²) in [6.07, 6.45) is 0.225. The summed E-state index contributed by atoms with van der Waals surface area (Å²) in [5, 5.41) is 12.5. The Morgan fingerprint density at radius 1 is 1.44 bits per heavy atom. The highest BCUT2D eigenvalue weighted by atomic mass is 32.2. The molecule has 0 amide bonds. The van der Waals surface area contributed by atoms with Gasteiger partial charge < -0.3 is 9.84 Å². The van der Waals surface area contributed by atoms with Crippen LogP contribution in [0.1, 0.15) is 0 Å². The standard InChI is InChI=1S/C10H13N3O4S/c1-18(15,16)10-4-2-9(3-5-10)17-7-8(14)6-12-13-11/h2-5,8,14H,6-7H2,1H3/t8-/m1/s1. The monoisotopic (exact) mass is 271 g/mol. The molecule has 0 saturated carbocycles. The minimum Gasteiger partial charge on any atom is -0.491 e. The Hall–Kier alpha value is -1.76. The van der Waals surface area contributed by atoms with Crippen molar-refractivity contribution in [2.45, 2.75) is 11.0 Å². The molecule has 98 valence electrons. The van der Waals surface area contributed by atoms with Crippen LogP contribution in [0.5, 0.6) is 5.75 Å². The Balaban J connectivity index is 2.57. The fraction of sp³-hybridized carbons (Fsp3) is 0.400. The quantitative estimate of drug-likeness (QED) is 0.474. The molecule has 0 heterocycles. The Morgan fingerprint density at radius 2 is 2.06 bits per heavy atom. The van der Waals surface area contributed by atoms with Crippen LogP contribution in [0.25, 0.3) is 10.4 Å². The smallest absolute Gasteiger partial charge is 0.175 e. The summed E-state index contributed by atoms with van der Waals surface area (Å²) in [4.78, 5) is 2.71. The molecule has 0 aromatic heterocycles. The summed E-state index contributed by atoms with van der Waals surface area (Å²) in [6, 6.07) is 5.84. The number of nitrogens with zero attached hydrogens (tertiary/aromatic N) is 3. The maximum absolute atomic E-state index is 11.2. The molecule has 1 aromatic rings. The molecule has 1 aromatic carbocycles. The summed E-state index contributed by atoms with van der Waals surface area (Å²) in [5.41, 5.74) is 8.06. The molecule has 0 radical (unpaired) electrons. The number of hydrogen-bond acceptors (Lipinski definition) is 5. The lowest BCUT2D eigenvalue weighted by molar-refractivity contribution is 0.114. The largest absolute Gasteiger partial charge is 0.491 e. The second-order valence-electron chi connectivity index (χ2n) is 3.62. The first kappa shape index (κ1) is 14.3. The van der Waals surface area contributed by atoms with E-state index in [0.29, 0.717) is 5.75 Å². The topological polar surface area (TPSA) is 112 Å². The molecule has 0 spiro atoms. The maximum atomic E-state index is 11.2. The molecule has 1 N–H and O–H groups in total. The van der Waals surface area contributed by atoms with Crippen molar-refractivity contribution < 1.29 is 18.3 Å². The van der Waals surface area contributed by atoms with Crippen molar-refractivity contribution in [3.8, 4) is 5.75 Å². The van der Waals surface area contributed by atoms with Crippen LogP contribution in [-0.2, 0) is 9.84 Å². The number of benzene rings is 1. The third-order valence-electron chi connectivity index (χ3n) is 2.05. The van der Waals surface area contributed by atoms with Gasteiger partial charge in [0.25, 0.3) is 0 Å². The lowest BCUT2D eigenvalue weighted by atomic mass is 10.3. The van der Waals surface area contributed by atoms with Crippen LogP contribution in [0.3, 0.4) is 0 Å². The van der Waals surface area contributed by atoms with Gasteiger partial charge in [-0.2, -0.15) is 0 Å². The molecule has 0 unspecified atom stereocenters. The van der Waals surface area contributed by atoms with Crippen molar-refractivity contribution in [2.75, 3.05) is 19.4 Å². The predicted octanol–water partition coefficient (Wildman–Crippen LogP) is 1.14. The van der Waals surface area contributed by atoms with Crippen molar-refractivity contribution in [1.82, 2.24) is 0 Å². The first-order chi connectivity index (χ1) is 8.43. The van der Waals surface area contributed by atoms with Crippen LogP contribution >= 0.6 is 0 Å². The van der Waals surface area contributed by atoms with Gasteiger partial charge >= 0.3 is 0 Å². The number of hydrogen-bond donors (Lipinski definition) is 1. The minimum atomic E-state index is -3.22. The van der Waals surface area contributed by atoms with E-state index in [2.05, 4.69) is 10.0 Å². The zero-order valence-electron chi connectivity index (χ0n) is 9.72. The Kier molecular flexibility index (Phi) is 4.96. The fourth-order valence-electron chi connectivity index (χ4n) is 1.16. The highest BCUT2D eigenvalue weighted by molar-refractivity contribution is 7.90. The van der Waals surface area contributed by atoms with E-state index < -0.39 is 15.9 Å². The van der Waals surface area contributed by atoms with Gasteiger partial charge in [-0.3, -0.25) is 0 Å². The fourth-order valence-corrected chi connectivity index (χ4v) is 1.79. The molecular formula is C10H13N3O4S. The van der Waals surface area contributed by atoms with Gasteiger partial charge in [0, 0.05) is 11.2 Å². The Labute approximate surface area is 105 Å². The zero-order chi connectivity index (χ0) is 13.6. The van der Waals surface area contributed by atoms with Gasteiger partial charge in [0.05, 0.1) is 17.5 Å². The lowest BCUT2D eigenvalue weighted by Gasteiger charge is -2.10. The van der Waals surface area contributed by atoms with E-state index in [1.54, 1.807) is 0 Å². The van der Waals surface area contributed by atoms with Gasteiger partial charge in [0.2, 0.25) is 0 Å². The first-order valence-corrected chi connectivity index (χ1v) is 6.94. The summed E-state index contributed by atoms with van der Waals surface area (Å²) >= 11 is 0. The van der Waals surface area contributed by atoms with E-state index in [0.717, 1.165) is 6.26 Å². The molecule has 18 heavy (non-hydrogen) atoms. The zero-order valence-corrected chi connectivity index (χ0v) is 10.5. The number of ether oxygens (including phenoxy) is 1. The highest BCUT2D eigenvalue weighted by Crippen LogP contribution is 2.15. The molecule has 8 heteroatoms. The number of azide groups is 1. The van der Waals surface area contributed by atoms with E-state index in [4.69, 9.17) is 10.3 Å². The maximum Gasteiger partial charge on any atom is 0.175 e. The summed E-state index contributed by atoms with van der Waals surface area (Å²) in [6.45, 7) is -0.102. The third kappa shape index (κ3) is 4.62. The van der Waals surface area contributed by atoms with Crippen LogP contribution in [0, 0.1) is 0 Å². The Bertz CT molecular complexity index is 535. The van der Waals surface area contributed by atoms with Crippen molar-refractivity contribution >= 4 is 9.84 Å². The number of aliphatic hydroxyl groups is 1.